The van der Waals surface area contributed by atoms with Crippen LogP contribution in [0.25, 0.3) is 10.2 Å². The average molecular weight is 408 g/mol. The van der Waals surface area contributed by atoms with Crippen LogP contribution in [0.1, 0.15) is 56.4 Å². The first-order valence-corrected chi connectivity index (χ1v) is 11.5. The van der Waals surface area contributed by atoms with Gasteiger partial charge in [-0.1, -0.05) is 31.0 Å². The number of hydrogen-bond acceptors (Lipinski definition) is 5. The van der Waals surface area contributed by atoms with Gasteiger partial charge in [-0.05, 0) is 46.1 Å². The first-order chi connectivity index (χ1) is 12.8. The number of aryl methyl sites for hydroxylation is 2. The van der Waals surface area contributed by atoms with Gasteiger partial charge in [-0.15, -0.1) is 11.3 Å². The highest BCUT2D eigenvalue weighted by Gasteiger charge is 2.27. The Labute approximate surface area is 169 Å². The Morgan fingerprint density at radius 2 is 2.00 bits per heavy atom. The van der Waals surface area contributed by atoms with E-state index in [1.165, 1.54) is 31.0 Å². The molecule has 1 aliphatic rings. The summed E-state index contributed by atoms with van der Waals surface area (Å²) in [5.41, 5.74) is 1.03. The Kier molecular flexibility index (Phi) is 6.31. The van der Waals surface area contributed by atoms with Crippen LogP contribution in [0.3, 0.4) is 0 Å². The van der Waals surface area contributed by atoms with E-state index in [0.29, 0.717) is 17.7 Å². The zero-order valence-corrected chi connectivity index (χ0v) is 18.5. The van der Waals surface area contributed by atoms with Crippen LogP contribution >= 0.6 is 23.1 Å². The van der Waals surface area contributed by atoms with Crippen LogP contribution < -0.4 is 5.56 Å². The summed E-state index contributed by atoms with van der Waals surface area (Å²) in [5, 5.41) is 1.11. The predicted octanol–water partition coefficient (Wildman–Crippen LogP) is 4.37. The lowest BCUT2D eigenvalue weighted by atomic mass is 9.94. The third kappa shape index (κ3) is 3.94. The molecule has 27 heavy (non-hydrogen) atoms. The second-order valence-electron chi connectivity index (χ2n) is 7.41. The van der Waals surface area contributed by atoms with E-state index < -0.39 is 0 Å². The summed E-state index contributed by atoms with van der Waals surface area (Å²) in [6, 6.07) is 0.348. The molecule has 2 aromatic heterocycles. The van der Waals surface area contributed by atoms with Crippen LogP contribution in [0, 0.1) is 13.8 Å². The van der Waals surface area contributed by atoms with Gasteiger partial charge in [0.1, 0.15) is 4.83 Å². The van der Waals surface area contributed by atoms with Crippen LogP contribution in [-0.4, -0.2) is 38.7 Å². The first-order valence-electron chi connectivity index (χ1n) is 9.79. The van der Waals surface area contributed by atoms with Crippen molar-refractivity contribution in [3.63, 3.8) is 0 Å². The molecular weight excluding hydrogens is 378 g/mol. The molecule has 2 aromatic rings. The number of amides is 1. The van der Waals surface area contributed by atoms with E-state index in [-0.39, 0.29) is 16.7 Å². The van der Waals surface area contributed by atoms with Crippen LogP contribution in [-0.2, 0) is 11.3 Å². The SMILES string of the molecule is CCn1c(SC(C)C(=O)N(C)C2CCCCC2)nc2sc(C)c(C)c2c1=O. The minimum Gasteiger partial charge on any atom is -0.342 e. The van der Waals surface area contributed by atoms with Gasteiger partial charge in [0.2, 0.25) is 5.91 Å². The maximum absolute atomic E-state index is 13.0. The summed E-state index contributed by atoms with van der Waals surface area (Å²) in [6.07, 6.45) is 5.87. The molecule has 2 heterocycles. The van der Waals surface area contributed by atoms with E-state index >= 15 is 0 Å². The molecule has 1 unspecified atom stereocenters. The maximum atomic E-state index is 13.0. The van der Waals surface area contributed by atoms with Crippen molar-refractivity contribution in [2.45, 2.75) is 82.8 Å². The number of nitrogens with zero attached hydrogens (tertiary/aromatic N) is 3. The quantitative estimate of drug-likeness (QED) is 0.546. The largest absolute Gasteiger partial charge is 0.342 e. The fraction of sp³-hybridized carbons (Fsp3) is 0.650. The van der Waals surface area contributed by atoms with Gasteiger partial charge in [0.25, 0.3) is 5.56 Å². The summed E-state index contributed by atoms with van der Waals surface area (Å²) >= 11 is 2.96. The normalized spacial score (nSPS) is 16.6. The molecule has 7 heteroatoms. The van der Waals surface area contributed by atoms with Crippen molar-refractivity contribution in [3.8, 4) is 0 Å². The van der Waals surface area contributed by atoms with Crippen molar-refractivity contribution in [2.24, 2.45) is 0 Å². The molecule has 0 aromatic carbocycles. The Balaban J connectivity index is 1.86. The van der Waals surface area contributed by atoms with Gasteiger partial charge < -0.3 is 4.90 Å². The number of hydrogen-bond donors (Lipinski definition) is 0. The number of thiophene rings is 1. The van der Waals surface area contributed by atoms with Gasteiger partial charge in [0.15, 0.2) is 5.16 Å². The highest BCUT2D eigenvalue weighted by Crippen LogP contribution is 2.31. The molecule has 3 rings (SSSR count). The highest BCUT2D eigenvalue weighted by atomic mass is 32.2. The van der Waals surface area contributed by atoms with E-state index in [2.05, 4.69) is 0 Å². The minimum atomic E-state index is -0.263. The molecule has 1 amide bonds. The number of carbonyl (C=O) groups excluding carboxylic acids is 1. The molecule has 0 bridgehead atoms. The summed E-state index contributed by atoms with van der Waals surface area (Å²) < 4.78 is 1.70. The monoisotopic (exact) mass is 407 g/mol. The number of thioether (sulfide) groups is 1. The highest BCUT2D eigenvalue weighted by molar-refractivity contribution is 8.00. The molecule has 0 radical (unpaired) electrons. The van der Waals surface area contributed by atoms with Crippen molar-refractivity contribution in [3.05, 3.63) is 20.8 Å². The van der Waals surface area contributed by atoms with Gasteiger partial charge >= 0.3 is 0 Å². The molecule has 0 saturated heterocycles. The first kappa shape index (κ1) is 20.4. The Morgan fingerprint density at radius 1 is 1.33 bits per heavy atom. The fourth-order valence-electron chi connectivity index (χ4n) is 3.82. The van der Waals surface area contributed by atoms with E-state index in [4.69, 9.17) is 4.98 Å². The standard InChI is InChI=1S/C20H29N3O2S2/c1-6-23-19(25)16-12(2)13(3)26-17(16)21-20(23)27-14(4)18(24)22(5)15-10-8-7-9-11-15/h14-15H,6-11H2,1-5H3. The van der Waals surface area contributed by atoms with Gasteiger partial charge in [-0.2, -0.15) is 0 Å². The van der Waals surface area contributed by atoms with Crippen molar-refractivity contribution in [1.82, 2.24) is 14.5 Å². The Bertz CT molecular complexity index is 897. The zero-order chi connectivity index (χ0) is 19.7. The predicted molar refractivity (Wildman–Crippen MR) is 114 cm³/mol. The van der Waals surface area contributed by atoms with Gasteiger partial charge in [-0.3, -0.25) is 14.2 Å². The van der Waals surface area contributed by atoms with Crippen molar-refractivity contribution >= 4 is 39.2 Å². The van der Waals surface area contributed by atoms with E-state index in [9.17, 15) is 9.59 Å². The third-order valence-corrected chi connectivity index (χ3v) is 7.85. The number of carbonyl (C=O) groups is 1. The molecule has 1 aliphatic carbocycles. The topological polar surface area (TPSA) is 55.2 Å². The van der Waals surface area contributed by atoms with Gasteiger partial charge in [0.05, 0.1) is 10.6 Å². The zero-order valence-electron chi connectivity index (χ0n) is 16.9. The average Bonchev–Trinajstić information content (AvgIpc) is 2.95. The summed E-state index contributed by atoms with van der Waals surface area (Å²) in [4.78, 5) is 34.5. The molecular formula is C20H29N3O2S2. The molecule has 1 atom stereocenters. The molecule has 1 fully saturated rings. The van der Waals surface area contributed by atoms with Crippen molar-refractivity contribution in [1.29, 1.82) is 0 Å². The van der Waals surface area contributed by atoms with Crippen LogP contribution in [0.15, 0.2) is 9.95 Å². The number of aromatic nitrogens is 2. The molecule has 0 spiro atoms. The molecule has 0 N–H and O–H groups in total. The lowest BCUT2D eigenvalue weighted by Gasteiger charge is -2.32. The van der Waals surface area contributed by atoms with Crippen LogP contribution in [0.4, 0.5) is 0 Å². The van der Waals surface area contributed by atoms with Crippen molar-refractivity contribution < 1.29 is 4.79 Å². The van der Waals surface area contributed by atoms with E-state index in [1.54, 1.807) is 15.9 Å². The summed E-state index contributed by atoms with van der Waals surface area (Å²) in [7, 11) is 1.92. The maximum Gasteiger partial charge on any atom is 0.263 e. The van der Waals surface area contributed by atoms with Crippen LogP contribution in [0.2, 0.25) is 0 Å². The molecule has 148 valence electrons. The van der Waals surface area contributed by atoms with Crippen LogP contribution in [0.5, 0.6) is 0 Å². The third-order valence-electron chi connectivity index (χ3n) is 5.67. The number of fused-ring (bicyclic) bond motifs is 1. The Hall–Kier alpha value is -1.34. The van der Waals surface area contributed by atoms with Crippen molar-refractivity contribution in [2.75, 3.05) is 7.05 Å². The molecule has 5 nitrogen and oxygen atoms in total. The van der Waals surface area contributed by atoms with Gasteiger partial charge in [-0.25, -0.2) is 4.98 Å². The molecule has 0 aliphatic heterocycles. The van der Waals surface area contributed by atoms with E-state index in [0.717, 1.165) is 33.5 Å². The van der Waals surface area contributed by atoms with Gasteiger partial charge in [0, 0.05) is 24.5 Å². The minimum absolute atomic E-state index is 0.00661. The Morgan fingerprint density at radius 3 is 2.63 bits per heavy atom. The second-order valence-corrected chi connectivity index (χ2v) is 9.92. The number of rotatable bonds is 5. The lowest BCUT2D eigenvalue weighted by Crippen LogP contribution is -2.42. The smallest absolute Gasteiger partial charge is 0.263 e. The lowest BCUT2D eigenvalue weighted by molar-refractivity contribution is -0.131. The van der Waals surface area contributed by atoms with E-state index in [1.807, 2.05) is 39.6 Å². The second kappa shape index (κ2) is 8.35. The summed E-state index contributed by atoms with van der Waals surface area (Å²) in [5.74, 6) is 0.127. The molecule has 1 saturated carbocycles. The summed E-state index contributed by atoms with van der Waals surface area (Å²) in [6.45, 7) is 8.43. The fourth-order valence-corrected chi connectivity index (χ4v) is 5.97.